The monoisotopic (exact) mass is 268 g/mol. The molecule has 1 aromatic carbocycles. The first-order chi connectivity index (χ1) is 9.58. The van der Waals surface area contributed by atoms with Crippen LogP contribution in [0.4, 0.5) is 5.69 Å². The third-order valence-corrected chi connectivity index (χ3v) is 3.21. The summed E-state index contributed by atoms with van der Waals surface area (Å²) in [5, 5.41) is 16.8. The first kappa shape index (κ1) is 12.3. The maximum atomic E-state index is 11.1. The Morgan fingerprint density at radius 2 is 2.00 bits per heavy atom. The molecular weight excluding hydrogens is 256 g/mol. The van der Waals surface area contributed by atoms with Crippen LogP contribution in [0.2, 0.25) is 0 Å². The van der Waals surface area contributed by atoms with Crippen LogP contribution < -0.4 is 0 Å². The minimum absolute atomic E-state index is 0.0541. The van der Waals surface area contributed by atoms with E-state index in [1.807, 2.05) is 19.9 Å². The van der Waals surface area contributed by atoms with Crippen LogP contribution in [-0.4, -0.2) is 19.7 Å². The zero-order valence-electron chi connectivity index (χ0n) is 11.1. The summed E-state index contributed by atoms with van der Waals surface area (Å²) < 4.78 is 1.79. The molecule has 0 spiro atoms. The summed E-state index contributed by atoms with van der Waals surface area (Å²) >= 11 is 0. The summed E-state index contributed by atoms with van der Waals surface area (Å²) in [6, 6.07) is 6.96. The molecule has 6 nitrogen and oxygen atoms in total. The van der Waals surface area contributed by atoms with Gasteiger partial charge in [0.05, 0.1) is 21.7 Å². The zero-order chi connectivity index (χ0) is 14.3. The van der Waals surface area contributed by atoms with Gasteiger partial charge in [0.15, 0.2) is 0 Å². The van der Waals surface area contributed by atoms with E-state index in [0.29, 0.717) is 5.39 Å². The van der Waals surface area contributed by atoms with Crippen molar-refractivity contribution in [1.82, 2.24) is 14.8 Å². The van der Waals surface area contributed by atoms with E-state index in [1.54, 1.807) is 23.0 Å². The quantitative estimate of drug-likeness (QED) is 0.529. The third-order valence-electron chi connectivity index (χ3n) is 3.21. The highest BCUT2D eigenvalue weighted by Crippen LogP contribution is 2.30. The van der Waals surface area contributed by atoms with Gasteiger partial charge in [-0.25, -0.2) is 4.68 Å². The number of nitro benzene ring substituents is 1. The maximum absolute atomic E-state index is 11.1. The number of non-ortho nitro benzene ring substituents is 1. The molecule has 6 heteroatoms. The fourth-order valence-electron chi connectivity index (χ4n) is 2.38. The van der Waals surface area contributed by atoms with Crippen LogP contribution in [0.5, 0.6) is 0 Å². The first-order valence-electron chi connectivity index (χ1n) is 6.12. The van der Waals surface area contributed by atoms with Crippen LogP contribution in [0.3, 0.4) is 0 Å². The van der Waals surface area contributed by atoms with Gasteiger partial charge in [-0.3, -0.25) is 15.1 Å². The minimum atomic E-state index is -0.394. The number of hydrogen-bond donors (Lipinski definition) is 0. The summed E-state index contributed by atoms with van der Waals surface area (Å²) in [6.45, 7) is 3.87. The molecule has 0 unspecified atom stereocenters. The van der Waals surface area contributed by atoms with E-state index in [4.69, 9.17) is 0 Å². The Kier molecular flexibility index (Phi) is 2.71. The van der Waals surface area contributed by atoms with Crippen molar-refractivity contribution in [2.45, 2.75) is 13.8 Å². The number of aryl methyl sites for hydroxylation is 2. The second-order valence-corrected chi connectivity index (χ2v) is 4.62. The Morgan fingerprint density at radius 3 is 2.65 bits per heavy atom. The van der Waals surface area contributed by atoms with Crippen LogP contribution in [0, 0.1) is 24.0 Å². The van der Waals surface area contributed by atoms with Gasteiger partial charge < -0.3 is 0 Å². The van der Waals surface area contributed by atoms with Crippen molar-refractivity contribution in [1.29, 1.82) is 0 Å². The van der Waals surface area contributed by atoms with Crippen LogP contribution in [0.25, 0.3) is 16.5 Å². The van der Waals surface area contributed by atoms with Gasteiger partial charge in [-0.15, -0.1) is 0 Å². The summed E-state index contributed by atoms with van der Waals surface area (Å²) in [5.74, 6) is 0. The first-order valence-corrected chi connectivity index (χ1v) is 6.12. The third kappa shape index (κ3) is 1.82. The summed E-state index contributed by atoms with van der Waals surface area (Å²) in [4.78, 5) is 14.7. The van der Waals surface area contributed by atoms with Crippen molar-refractivity contribution in [3.8, 4) is 5.69 Å². The lowest BCUT2D eigenvalue weighted by molar-refractivity contribution is -0.383. The van der Waals surface area contributed by atoms with Crippen molar-refractivity contribution in [3.05, 3.63) is 58.2 Å². The smallest absolute Gasteiger partial charge is 0.264 e. The van der Waals surface area contributed by atoms with E-state index in [-0.39, 0.29) is 5.69 Å². The molecule has 0 saturated carbocycles. The predicted molar refractivity (Wildman–Crippen MR) is 75.0 cm³/mol. The van der Waals surface area contributed by atoms with Gasteiger partial charge >= 0.3 is 0 Å². The minimum Gasteiger partial charge on any atom is -0.264 e. The molecular formula is C14H12N4O2. The van der Waals surface area contributed by atoms with Crippen LogP contribution in [-0.2, 0) is 0 Å². The van der Waals surface area contributed by atoms with Gasteiger partial charge in [0.25, 0.3) is 5.69 Å². The number of aromatic nitrogens is 3. The Balaban J connectivity index is 2.36. The molecule has 2 heterocycles. The number of pyridine rings is 1. The molecule has 0 atom stereocenters. The number of benzene rings is 1. The van der Waals surface area contributed by atoms with E-state index < -0.39 is 4.92 Å². The van der Waals surface area contributed by atoms with Crippen LogP contribution >= 0.6 is 0 Å². The number of rotatable bonds is 2. The zero-order valence-corrected chi connectivity index (χ0v) is 11.1. The lowest BCUT2D eigenvalue weighted by Crippen LogP contribution is -2.01. The van der Waals surface area contributed by atoms with E-state index in [0.717, 1.165) is 22.5 Å². The molecule has 0 aliphatic rings. The van der Waals surface area contributed by atoms with Crippen LogP contribution in [0.1, 0.15) is 11.4 Å². The molecule has 0 aliphatic heterocycles. The fourth-order valence-corrected chi connectivity index (χ4v) is 2.38. The Morgan fingerprint density at radius 1 is 1.20 bits per heavy atom. The highest BCUT2D eigenvalue weighted by atomic mass is 16.6. The standard InChI is InChI=1S/C14H12N4O2/c1-9-7-10(2)17(16-9)13-3-4-14(18(19)20)12-8-15-6-5-11(12)13/h3-8H,1-2H3. The van der Waals surface area contributed by atoms with Gasteiger partial charge in [-0.1, -0.05) is 0 Å². The van der Waals surface area contributed by atoms with E-state index in [2.05, 4.69) is 10.1 Å². The van der Waals surface area contributed by atoms with Gasteiger partial charge in [0.1, 0.15) is 0 Å². The normalized spacial score (nSPS) is 10.9. The Labute approximate surface area is 114 Å². The Hall–Kier alpha value is -2.76. The van der Waals surface area contributed by atoms with Crippen molar-refractivity contribution in [3.63, 3.8) is 0 Å². The molecule has 20 heavy (non-hydrogen) atoms. The maximum Gasteiger partial charge on any atom is 0.278 e. The molecule has 3 rings (SSSR count). The van der Waals surface area contributed by atoms with Gasteiger partial charge in [0.2, 0.25) is 0 Å². The van der Waals surface area contributed by atoms with Gasteiger partial charge in [0, 0.05) is 29.5 Å². The highest BCUT2D eigenvalue weighted by molar-refractivity contribution is 5.96. The second-order valence-electron chi connectivity index (χ2n) is 4.62. The molecule has 0 radical (unpaired) electrons. The summed E-state index contributed by atoms with van der Waals surface area (Å²) in [6.07, 6.45) is 3.14. The lowest BCUT2D eigenvalue weighted by Gasteiger charge is -2.08. The topological polar surface area (TPSA) is 73.8 Å². The van der Waals surface area contributed by atoms with E-state index in [1.165, 1.54) is 12.3 Å². The average Bonchev–Trinajstić information content (AvgIpc) is 2.76. The molecule has 100 valence electrons. The van der Waals surface area contributed by atoms with Crippen molar-refractivity contribution in [2.24, 2.45) is 0 Å². The SMILES string of the molecule is Cc1cc(C)n(-c2ccc([N+](=O)[O-])c3cnccc23)n1. The molecule has 0 aliphatic carbocycles. The van der Waals surface area contributed by atoms with Gasteiger partial charge in [-0.05, 0) is 32.0 Å². The molecule has 0 saturated heterocycles. The largest absolute Gasteiger partial charge is 0.278 e. The number of nitrogens with zero attached hydrogens (tertiary/aromatic N) is 4. The molecule has 2 aromatic heterocycles. The molecule has 0 bridgehead atoms. The van der Waals surface area contributed by atoms with Crippen LogP contribution in [0.15, 0.2) is 36.7 Å². The predicted octanol–water partition coefficient (Wildman–Crippen LogP) is 2.95. The van der Waals surface area contributed by atoms with Crippen molar-refractivity contribution in [2.75, 3.05) is 0 Å². The number of fused-ring (bicyclic) bond motifs is 1. The lowest BCUT2D eigenvalue weighted by atomic mass is 10.1. The number of nitro groups is 1. The fraction of sp³-hybridized carbons (Fsp3) is 0.143. The van der Waals surface area contributed by atoms with Crippen molar-refractivity contribution >= 4 is 16.5 Å². The highest BCUT2D eigenvalue weighted by Gasteiger charge is 2.16. The average molecular weight is 268 g/mol. The van der Waals surface area contributed by atoms with E-state index in [9.17, 15) is 10.1 Å². The summed E-state index contributed by atoms with van der Waals surface area (Å²) in [5.41, 5.74) is 2.76. The van der Waals surface area contributed by atoms with Crippen molar-refractivity contribution < 1.29 is 4.92 Å². The number of hydrogen-bond acceptors (Lipinski definition) is 4. The Bertz CT molecular complexity index is 823. The molecule has 0 fully saturated rings. The summed E-state index contributed by atoms with van der Waals surface area (Å²) in [7, 11) is 0. The van der Waals surface area contributed by atoms with E-state index >= 15 is 0 Å². The molecule has 3 aromatic rings. The van der Waals surface area contributed by atoms with Gasteiger partial charge in [-0.2, -0.15) is 5.10 Å². The molecule has 0 N–H and O–H groups in total. The molecule has 0 amide bonds. The second kappa shape index (κ2) is 4.41.